The van der Waals surface area contributed by atoms with Crippen molar-refractivity contribution in [1.82, 2.24) is 4.98 Å². The maximum absolute atomic E-state index is 12.4. The van der Waals surface area contributed by atoms with E-state index in [1.165, 1.54) is 23.1 Å². The van der Waals surface area contributed by atoms with E-state index >= 15 is 0 Å². The molecule has 3 rings (SSSR count). The topological polar surface area (TPSA) is 60.2 Å². The van der Waals surface area contributed by atoms with Crippen molar-refractivity contribution < 1.29 is 9.21 Å². The third kappa shape index (κ3) is 3.60. The van der Waals surface area contributed by atoms with E-state index < -0.39 is 5.63 Å². The molecule has 0 aliphatic rings. The molecule has 0 bridgehead atoms. The Kier molecular flexibility index (Phi) is 4.60. The van der Waals surface area contributed by atoms with E-state index in [0.717, 1.165) is 15.4 Å². The molecular formula is C18H17NO3S2. The van der Waals surface area contributed by atoms with Crippen LogP contribution in [0.2, 0.25) is 0 Å². The minimum absolute atomic E-state index is 0.0151. The molecule has 0 spiro atoms. The largest absolute Gasteiger partial charge is 0.422 e. The molecule has 0 aliphatic heterocycles. The van der Waals surface area contributed by atoms with E-state index in [2.05, 4.69) is 25.8 Å². The molecule has 6 heteroatoms. The molecule has 24 heavy (non-hydrogen) atoms. The van der Waals surface area contributed by atoms with Crippen molar-refractivity contribution in [2.45, 2.75) is 30.5 Å². The predicted molar refractivity (Wildman–Crippen MR) is 98.4 cm³/mol. The van der Waals surface area contributed by atoms with Gasteiger partial charge in [-0.15, -0.1) is 11.3 Å². The van der Waals surface area contributed by atoms with Gasteiger partial charge in [0, 0.05) is 16.2 Å². The summed E-state index contributed by atoms with van der Waals surface area (Å²) in [7, 11) is 0. The Morgan fingerprint density at radius 2 is 2.04 bits per heavy atom. The lowest BCUT2D eigenvalue weighted by Gasteiger charge is -2.14. The number of para-hydroxylation sites is 1. The number of carbonyl (C=O) groups is 1. The van der Waals surface area contributed by atoms with Gasteiger partial charge in [0.1, 0.15) is 11.1 Å². The van der Waals surface area contributed by atoms with E-state index in [1.807, 2.05) is 17.5 Å². The molecule has 0 saturated heterocycles. The van der Waals surface area contributed by atoms with Crippen molar-refractivity contribution in [3.63, 3.8) is 0 Å². The molecular weight excluding hydrogens is 342 g/mol. The summed E-state index contributed by atoms with van der Waals surface area (Å²) in [6.07, 6.45) is 0. The second-order valence-electron chi connectivity index (χ2n) is 6.45. The molecule has 1 aromatic carbocycles. The van der Waals surface area contributed by atoms with Gasteiger partial charge >= 0.3 is 5.63 Å². The fourth-order valence-corrected chi connectivity index (χ4v) is 4.07. The molecule has 4 nitrogen and oxygen atoms in total. The number of thiazole rings is 1. The van der Waals surface area contributed by atoms with Gasteiger partial charge in [-0.1, -0.05) is 50.7 Å². The Bertz CT molecular complexity index is 951. The first-order valence-electron chi connectivity index (χ1n) is 7.49. The molecule has 0 N–H and O–H groups in total. The Hall–Kier alpha value is -1.92. The molecule has 3 aromatic rings. The summed E-state index contributed by atoms with van der Waals surface area (Å²) in [5.41, 5.74) is 0.982. The van der Waals surface area contributed by atoms with Crippen LogP contribution in [0.1, 0.15) is 36.8 Å². The normalized spacial score (nSPS) is 11.8. The highest BCUT2D eigenvalue weighted by Crippen LogP contribution is 2.29. The molecule has 0 radical (unpaired) electrons. The molecule has 2 heterocycles. The maximum Gasteiger partial charge on any atom is 0.347 e. The van der Waals surface area contributed by atoms with Crippen molar-refractivity contribution in [1.29, 1.82) is 0 Å². The number of carbonyl (C=O) groups excluding carboxylic acids is 1. The summed E-state index contributed by atoms with van der Waals surface area (Å²) in [4.78, 5) is 28.9. The standard InChI is InChI=1S/C18H17NO3S2/c1-18(2,3)15-10-24-17(19-15)23-9-13(20)12-8-11-6-4-5-7-14(11)22-16(12)21/h4-8,10H,9H2,1-3H3. The quantitative estimate of drug-likeness (QED) is 0.389. The molecule has 0 fully saturated rings. The van der Waals surface area contributed by atoms with Crippen LogP contribution >= 0.6 is 23.1 Å². The number of Topliss-reactive ketones (excluding diaryl/α,β-unsaturated/α-hetero) is 1. The summed E-state index contributed by atoms with van der Waals surface area (Å²) in [5, 5.41) is 2.76. The molecule has 2 aromatic heterocycles. The number of rotatable bonds is 4. The highest BCUT2D eigenvalue weighted by atomic mass is 32.2. The summed E-state index contributed by atoms with van der Waals surface area (Å²) in [5.74, 6) is -0.0766. The first-order chi connectivity index (χ1) is 11.3. The monoisotopic (exact) mass is 359 g/mol. The number of hydrogen-bond donors (Lipinski definition) is 0. The fourth-order valence-electron chi connectivity index (χ4n) is 2.13. The first kappa shape index (κ1) is 16.9. The van der Waals surface area contributed by atoms with Gasteiger partial charge in [0.05, 0.1) is 11.4 Å². The van der Waals surface area contributed by atoms with Crippen molar-refractivity contribution >= 4 is 39.9 Å². The van der Waals surface area contributed by atoms with Gasteiger partial charge in [0.2, 0.25) is 0 Å². The van der Waals surface area contributed by atoms with Gasteiger partial charge in [0.15, 0.2) is 10.1 Å². The van der Waals surface area contributed by atoms with Crippen LogP contribution in [0.4, 0.5) is 0 Å². The summed E-state index contributed by atoms with van der Waals surface area (Å²) in [6.45, 7) is 6.30. The van der Waals surface area contributed by atoms with E-state index in [4.69, 9.17) is 4.42 Å². The zero-order chi connectivity index (χ0) is 17.3. The van der Waals surface area contributed by atoms with Crippen LogP contribution in [0.3, 0.4) is 0 Å². The van der Waals surface area contributed by atoms with Gasteiger partial charge < -0.3 is 4.42 Å². The molecule has 0 unspecified atom stereocenters. The van der Waals surface area contributed by atoms with Crippen molar-refractivity contribution in [3.05, 3.63) is 57.4 Å². The van der Waals surface area contributed by atoms with Crippen LogP contribution in [0.5, 0.6) is 0 Å². The Balaban J connectivity index is 1.77. The number of hydrogen-bond acceptors (Lipinski definition) is 6. The third-order valence-corrected chi connectivity index (χ3v) is 5.54. The lowest BCUT2D eigenvalue weighted by atomic mass is 9.93. The summed E-state index contributed by atoms with van der Waals surface area (Å²) in [6, 6.07) is 8.77. The molecule has 0 amide bonds. The second-order valence-corrected chi connectivity index (χ2v) is 8.53. The van der Waals surface area contributed by atoms with E-state index in [9.17, 15) is 9.59 Å². The Labute approximate surface area is 147 Å². The van der Waals surface area contributed by atoms with Gasteiger partial charge in [-0.05, 0) is 12.1 Å². The van der Waals surface area contributed by atoms with Crippen molar-refractivity contribution in [2.24, 2.45) is 0 Å². The average Bonchev–Trinajstić information content (AvgIpc) is 3.01. The van der Waals surface area contributed by atoms with Crippen LogP contribution in [0.15, 0.2) is 49.3 Å². The minimum Gasteiger partial charge on any atom is -0.422 e. The lowest BCUT2D eigenvalue weighted by molar-refractivity contribution is 0.101. The zero-order valence-corrected chi connectivity index (χ0v) is 15.3. The fraction of sp³-hybridized carbons (Fsp3) is 0.278. The van der Waals surface area contributed by atoms with E-state index in [1.54, 1.807) is 18.2 Å². The van der Waals surface area contributed by atoms with Crippen LogP contribution in [0, 0.1) is 0 Å². The van der Waals surface area contributed by atoms with Crippen molar-refractivity contribution in [3.8, 4) is 0 Å². The summed E-state index contributed by atoms with van der Waals surface area (Å²) < 4.78 is 6.05. The zero-order valence-electron chi connectivity index (χ0n) is 13.7. The van der Waals surface area contributed by atoms with Crippen LogP contribution < -0.4 is 5.63 Å². The smallest absolute Gasteiger partial charge is 0.347 e. The SMILES string of the molecule is CC(C)(C)c1csc(SCC(=O)c2cc3ccccc3oc2=O)n1. The lowest BCUT2D eigenvalue weighted by Crippen LogP contribution is -2.15. The average molecular weight is 359 g/mol. The number of benzene rings is 1. The Morgan fingerprint density at radius 1 is 1.29 bits per heavy atom. The minimum atomic E-state index is -0.589. The van der Waals surface area contributed by atoms with Gasteiger partial charge in [-0.25, -0.2) is 9.78 Å². The highest BCUT2D eigenvalue weighted by molar-refractivity contribution is 8.01. The van der Waals surface area contributed by atoms with Crippen molar-refractivity contribution in [2.75, 3.05) is 5.75 Å². The maximum atomic E-state index is 12.4. The number of fused-ring (bicyclic) bond motifs is 1. The Morgan fingerprint density at radius 3 is 2.75 bits per heavy atom. The van der Waals surface area contributed by atoms with Crippen LogP contribution in [0.25, 0.3) is 11.0 Å². The summed E-state index contributed by atoms with van der Waals surface area (Å²) >= 11 is 2.87. The molecule has 124 valence electrons. The number of thioether (sulfide) groups is 1. The first-order valence-corrected chi connectivity index (χ1v) is 9.36. The third-order valence-electron chi connectivity index (χ3n) is 3.52. The van der Waals surface area contributed by atoms with Gasteiger partial charge in [-0.3, -0.25) is 4.79 Å². The number of ketones is 1. The molecule has 0 aliphatic carbocycles. The van der Waals surface area contributed by atoms with Gasteiger partial charge in [-0.2, -0.15) is 0 Å². The van der Waals surface area contributed by atoms with Crippen LogP contribution in [-0.2, 0) is 5.41 Å². The molecule has 0 saturated carbocycles. The van der Waals surface area contributed by atoms with Gasteiger partial charge in [0.25, 0.3) is 0 Å². The highest BCUT2D eigenvalue weighted by Gasteiger charge is 2.19. The number of aromatic nitrogens is 1. The second kappa shape index (κ2) is 6.53. The number of nitrogens with zero attached hydrogens (tertiary/aromatic N) is 1. The van der Waals surface area contributed by atoms with E-state index in [-0.39, 0.29) is 22.5 Å². The molecule has 0 atom stereocenters. The van der Waals surface area contributed by atoms with Crippen LogP contribution in [-0.4, -0.2) is 16.5 Å². The van der Waals surface area contributed by atoms with E-state index in [0.29, 0.717) is 5.58 Å². The predicted octanol–water partition coefficient (Wildman–Crippen LogP) is 4.52.